The minimum absolute atomic E-state index is 0.0568. The van der Waals surface area contributed by atoms with Crippen LogP contribution in [0.5, 0.6) is 5.75 Å². The molecule has 2 heterocycles. The van der Waals surface area contributed by atoms with Crippen molar-refractivity contribution in [2.24, 2.45) is 0 Å². The molecular formula is C25H30N2O2. The molecule has 152 valence electrons. The zero-order chi connectivity index (χ0) is 20.5. The van der Waals surface area contributed by atoms with Gasteiger partial charge in [-0.15, -0.1) is 0 Å². The molecule has 0 bridgehead atoms. The predicted molar refractivity (Wildman–Crippen MR) is 118 cm³/mol. The number of ether oxygens (including phenoxy) is 1. The van der Waals surface area contributed by atoms with Gasteiger partial charge in [0.1, 0.15) is 11.4 Å². The van der Waals surface area contributed by atoms with Crippen LogP contribution in [0.25, 0.3) is 6.08 Å². The van der Waals surface area contributed by atoms with Crippen molar-refractivity contribution in [3.8, 4) is 5.75 Å². The molecule has 2 aliphatic heterocycles. The summed E-state index contributed by atoms with van der Waals surface area (Å²) in [5, 5.41) is 3.28. The second kappa shape index (κ2) is 7.58. The number of hydrogen-bond donors (Lipinski definition) is 1. The Morgan fingerprint density at radius 2 is 1.86 bits per heavy atom. The first kappa shape index (κ1) is 19.6. The minimum Gasteiger partial charge on any atom is -0.493 e. The first-order valence-corrected chi connectivity index (χ1v) is 10.6. The topological polar surface area (TPSA) is 41.6 Å². The lowest BCUT2D eigenvalue weighted by atomic mass is 9.75. The van der Waals surface area contributed by atoms with Crippen molar-refractivity contribution in [1.29, 1.82) is 0 Å². The fraction of sp³-hybridized carbons (Fsp3) is 0.400. The first-order valence-electron chi connectivity index (χ1n) is 10.6. The molecule has 29 heavy (non-hydrogen) atoms. The van der Waals surface area contributed by atoms with Gasteiger partial charge in [-0.3, -0.25) is 4.79 Å². The number of carbonyl (C=O) groups is 1. The maximum atomic E-state index is 12.4. The Labute approximate surface area is 173 Å². The highest BCUT2D eigenvalue weighted by molar-refractivity contribution is 5.91. The number of nitrogens with one attached hydrogen (secondary N) is 1. The van der Waals surface area contributed by atoms with E-state index in [0.717, 1.165) is 30.0 Å². The SMILES string of the molecule is CCCCCOc1ccccc1/C=C/C12NC(=O)CN1c1ccccc1C2(C)C. The summed E-state index contributed by atoms with van der Waals surface area (Å²) in [5.41, 5.74) is 2.58. The average molecular weight is 391 g/mol. The quantitative estimate of drug-likeness (QED) is 0.684. The molecule has 4 heteroatoms. The van der Waals surface area contributed by atoms with Crippen molar-refractivity contribution in [3.63, 3.8) is 0 Å². The van der Waals surface area contributed by atoms with E-state index < -0.39 is 5.66 Å². The lowest BCUT2D eigenvalue weighted by Gasteiger charge is -2.40. The maximum absolute atomic E-state index is 12.4. The van der Waals surface area contributed by atoms with Crippen molar-refractivity contribution in [2.45, 2.75) is 51.1 Å². The monoisotopic (exact) mass is 390 g/mol. The highest BCUT2D eigenvalue weighted by Crippen LogP contribution is 2.52. The third kappa shape index (κ3) is 3.21. The van der Waals surface area contributed by atoms with E-state index in [1.165, 1.54) is 18.4 Å². The van der Waals surface area contributed by atoms with Gasteiger partial charge in [-0.25, -0.2) is 0 Å². The lowest BCUT2D eigenvalue weighted by Crippen LogP contribution is -2.58. The van der Waals surface area contributed by atoms with Gasteiger partial charge in [0.05, 0.1) is 13.2 Å². The molecule has 0 radical (unpaired) electrons. The Hall–Kier alpha value is -2.75. The number of benzene rings is 2. The summed E-state index contributed by atoms with van der Waals surface area (Å²) in [4.78, 5) is 14.6. The molecule has 4 nitrogen and oxygen atoms in total. The Morgan fingerprint density at radius 3 is 2.69 bits per heavy atom. The van der Waals surface area contributed by atoms with Gasteiger partial charge in [0.2, 0.25) is 5.91 Å². The summed E-state index contributed by atoms with van der Waals surface area (Å²) >= 11 is 0. The smallest absolute Gasteiger partial charge is 0.241 e. The molecule has 0 aromatic heterocycles. The highest BCUT2D eigenvalue weighted by atomic mass is 16.5. The molecule has 1 atom stereocenters. The number of fused-ring (bicyclic) bond motifs is 3. The van der Waals surface area contributed by atoms with Crippen LogP contribution < -0.4 is 15.0 Å². The summed E-state index contributed by atoms with van der Waals surface area (Å²) in [6.07, 6.45) is 7.66. The standard InChI is InChI=1S/C25H30N2O2/c1-4-5-10-17-29-22-14-9-6-11-19(22)15-16-25-24(2,3)20-12-7-8-13-21(20)27(25)18-23(28)26-25/h6-9,11-16H,4-5,10,17-18H2,1-3H3,(H,26,28)/b16-15+. The number of amides is 1. The number of carbonyl (C=O) groups excluding carboxylic acids is 1. The number of nitrogens with zero attached hydrogens (tertiary/aromatic N) is 1. The summed E-state index contributed by atoms with van der Waals surface area (Å²) < 4.78 is 6.05. The normalized spacial score (nSPS) is 21.9. The third-order valence-electron chi connectivity index (χ3n) is 6.31. The van der Waals surface area contributed by atoms with E-state index in [1.807, 2.05) is 24.3 Å². The minimum atomic E-state index is -0.580. The fourth-order valence-corrected chi connectivity index (χ4v) is 4.63. The van der Waals surface area contributed by atoms with E-state index in [-0.39, 0.29) is 11.3 Å². The molecule has 2 aromatic rings. The van der Waals surface area contributed by atoms with Crippen molar-refractivity contribution in [3.05, 3.63) is 65.7 Å². The fourth-order valence-electron chi connectivity index (χ4n) is 4.63. The average Bonchev–Trinajstić information content (AvgIpc) is 3.15. The molecule has 2 aromatic carbocycles. The molecule has 1 saturated heterocycles. The number of unbranched alkanes of at least 4 members (excludes halogenated alkanes) is 2. The Kier molecular flexibility index (Phi) is 5.12. The molecule has 4 rings (SSSR count). The molecule has 1 fully saturated rings. The molecular weight excluding hydrogens is 360 g/mol. The zero-order valence-electron chi connectivity index (χ0n) is 17.6. The molecule has 0 aliphatic carbocycles. The number of para-hydroxylation sites is 2. The summed E-state index contributed by atoms with van der Waals surface area (Å²) in [5.74, 6) is 0.946. The van der Waals surface area contributed by atoms with E-state index >= 15 is 0 Å². The van der Waals surface area contributed by atoms with Crippen molar-refractivity contribution >= 4 is 17.7 Å². The number of hydrogen-bond acceptors (Lipinski definition) is 3. The molecule has 1 unspecified atom stereocenters. The number of rotatable bonds is 7. The molecule has 0 spiro atoms. The second-order valence-electron chi connectivity index (χ2n) is 8.47. The summed E-state index contributed by atoms with van der Waals surface area (Å²) in [6.45, 7) is 7.70. The van der Waals surface area contributed by atoms with E-state index in [2.05, 4.69) is 67.4 Å². The van der Waals surface area contributed by atoms with Gasteiger partial charge in [0, 0.05) is 16.7 Å². The highest BCUT2D eigenvalue weighted by Gasteiger charge is 2.59. The Morgan fingerprint density at radius 1 is 1.10 bits per heavy atom. The maximum Gasteiger partial charge on any atom is 0.241 e. The van der Waals surface area contributed by atoms with E-state index in [1.54, 1.807) is 0 Å². The second-order valence-corrected chi connectivity index (χ2v) is 8.47. The van der Waals surface area contributed by atoms with Crippen LogP contribution in [0, 0.1) is 0 Å². The van der Waals surface area contributed by atoms with Gasteiger partial charge >= 0.3 is 0 Å². The van der Waals surface area contributed by atoms with Crippen LogP contribution >= 0.6 is 0 Å². The van der Waals surface area contributed by atoms with Gasteiger partial charge in [-0.2, -0.15) is 0 Å². The van der Waals surface area contributed by atoms with E-state index in [9.17, 15) is 4.79 Å². The van der Waals surface area contributed by atoms with Crippen molar-refractivity contribution in [1.82, 2.24) is 5.32 Å². The largest absolute Gasteiger partial charge is 0.493 e. The van der Waals surface area contributed by atoms with Gasteiger partial charge in [0.15, 0.2) is 0 Å². The first-order chi connectivity index (χ1) is 14.0. The van der Waals surface area contributed by atoms with Crippen molar-refractivity contribution < 1.29 is 9.53 Å². The van der Waals surface area contributed by atoms with Crippen LogP contribution in [0.3, 0.4) is 0 Å². The van der Waals surface area contributed by atoms with Crippen LogP contribution in [-0.2, 0) is 10.2 Å². The van der Waals surface area contributed by atoms with Crippen LogP contribution in [0.2, 0.25) is 0 Å². The zero-order valence-corrected chi connectivity index (χ0v) is 17.6. The molecule has 1 amide bonds. The van der Waals surface area contributed by atoms with Crippen molar-refractivity contribution in [2.75, 3.05) is 18.1 Å². The molecule has 0 saturated carbocycles. The van der Waals surface area contributed by atoms with E-state index in [4.69, 9.17) is 4.74 Å². The predicted octanol–water partition coefficient (Wildman–Crippen LogP) is 4.89. The Bertz CT molecular complexity index is 934. The van der Waals surface area contributed by atoms with Crippen LogP contribution in [-0.4, -0.2) is 24.7 Å². The summed E-state index contributed by atoms with van der Waals surface area (Å²) in [7, 11) is 0. The molecule has 2 aliphatic rings. The Balaban J connectivity index is 1.67. The van der Waals surface area contributed by atoms with Crippen LogP contribution in [0.4, 0.5) is 5.69 Å². The van der Waals surface area contributed by atoms with Crippen LogP contribution in [0.1, 0.15) is 51.2 Å². The van der Waals surface area contributed by atoms with E-state index in [0.29, 0.717) is 6.54 Å². The molecule has 1 N–H and O–H groups in total. The van der Waals surface area contributed by atoms with Gasteiger partial charge in [-0.1, -0.05) is 76.1 Å². The lowest BCUT2D eigenvalue weighted by molar-refractivity contribution is -0.118. The van der Waals surface area contributed by atoms with Crippen LogP contribution in [0.15, 0.2) is 54.6 Å². The van der Waals surface area contributed by atoms with Gasteiger partial charge in [0.25, 0.3) is 0 Å². The third-order valence-corrected chi connectivity index (χ3v) is 6.31. The van der Waals surface area contributed by atoms with Gasteiger partial charge < -0.3 is 15.0 Å². The number of anilines is 1. The van der Waals surface area contributed by atoms with Gasteiger partial charge in [-0.05, 0) is 30.2 Å². The summed E-state index contributed by atoms with van der Waals surface area (Å²) in [6, 6.07) is 16.5.